The van der Waals surface area contributed by atoms with E-state index in [-0.39, 0.29) is 11.8 Å². The largest absolute Gasteiger partial charge is 0.280 e. The zero-order valence-electron chi connectivity index (χ0n) is 10.4. The number of hydrazine groups is 1. The van der Waals surface area contributed by atoms with Crippen molar-refractivity contribution in [3.8, 4) is 6.19 Å². The van der Waals surface area contributed by atoms with E-state index >= 15 is 0 Å². The third-order valence-electron chi connectivity index (χ3n) is 2.45. The molecule has 0 N–H and O–H groups in total. The first-order chi connectivity index (χ1) is 8.22. The van der Waals surface area contributed by atoms with Crippen molar-refractivity contribution < 1.29 is 9.87 Å². The number of hydroxylamine groups is 1. The van der Waals surface area contributed by atoms with Crippen molar-refractivity contribution in [1.29, 1.82) is 5.26 Å². The second-order valence-electron chi connectivity index (χ2n) is 3.92. The Hall–Kier alpha value is -1.35. The number of nitrogens with zero attached hydrogens (tertiary/aromatic N) is 3. The van der Waals surface area contributed by atoms with Gasteiger partial charge in [-0.25, -0.2) is 15.0 Å². The van der Waals surface area contributed by atoms with Crippen LogP contribution in [0.5, 0.6) is 0 Å². The molecule has 0 atom stereocenters. The van der Waals surface area contributed by atoms with Crippen LogP contribution in [0, 0.1) is 21.6 Å². The maximum absolute atomic E-state index is 10.2. The summed E-state index contributed by atoms with van der Waals surface area (Å²) in [6.45, 7) is 2.41. The van der Waals surface area contributed by atoms with Crippen LogP contribution in [0.3, 0.4) is 0 Å². The smallest absolute Gasteiger partial charge is 0.232 e. The van der Waals surface area contributed by atoms with Gasteiger partial charge >= 0.3 is 0 Å². The molecule has 0 aromatic heterocycles. The lowest BCUT2D eigenvalue weighted by Gasteiger charge is -2.04. The molecule has 0 aliphatic rings. The lowest BCUT2D eigenvalue weighted by atomic mass is 10.1. The summed E-state index contributed by atoms with van der Waals surface area (Å²) in [7, 11) is 0. The van der Waals surface area contributed by atoms with Gasteiger partial charge < -0.3 is 0 Å². The predicted octanol–water partition coefficient (Wildman–Crippen LogP) is 3.03. The van der Waals surface area contributed by atoms with Gasteiger partial charge in [0.2, 0.25) is 5.03 Å². The third-order valence-corrected chi connectivity index (χ3v) is 2.45. The molecular formula is C11H21N3O3. The van der Waals surface area contributed by atoms with Crippen LogP contribution in [-0.4, -0.2) is 16.8 Å². The Balaban J connectivity index is 3.24. The molecule has 0 aromatic carbocycles. The van der Waals surface area contributed by atoms with Crippen molar-refractivity contribution in [2.75, 3.05) is 6.61 Å². The van der Waals surface area contributed by atoms with Crippen LogP contribution in [0.15, 0.2) is 0 Å². The lowest BCUT2D eigenvalue weighted by molar-refractivity contribution is -0.712. The second-order valence-corrected chi connectivity index (χ2v) is 3.92. The van der Waals surface area contributed by atoms with Gasteiger partial charge in [0, 0.05) is 0 Å². The van der Waals surface area contributed by atoms with E-state index in [1.165, 1.54) is 38.3 Å². The van der Waals surface area contributed by atoms with Crippen molar-refractivity contribution in [2.24, 2.45) is 0 Å². The molecule has 0 rings (SSSR count). The molecule has 0 spiro atoms. The van der Waals surface area contributed by atoms with E-state index in [2.05, 4.69) is 11.8 Å². The summed E-state index contributed by atoms with van der Waals surface area (Å²) in [5.74, 6) is 0. The van der Waals surface area contributed by atoms with Gasteiger partial charge in [-0.15, -0.1) is 0 Å². The Morgan fingerprint density at radius 3 is 2.18 bits per heavy atom. The highest BCUT2D eigenvalue weighted by atomic mass is 16.8. The Morgan fingerprint density at radius 1 is 1.18 bits per heavy atom. The second kappa shape index (κ2) is 11.1. The Bertz CT molecular complexity index is 241. The Labute approximate surface area is 102 Å². The van der Waals surface area contributed by atoms with Crippen molar-refractivity contribution in [1.82, 2.24) is 5.17 Å². The van der Waals surface area contributed by atoms with Crippen molar-refractivity contribution in [3.05, 3.63) is 10.1 Å². The SMILES string of the molecule is CCCCCCCCCCON(C#N)[N+](=O)[O-]. The highest BCUT2D eigenvalue weighted by molar-refractivity contribution is 4.53. The standard InChI is InChI=1S/C11H21N3O3/c1-2-3-4-5-6-7-8-9-10-17-13(11-12)14(15)16/h2-10H2,1H3. The number of nitro groups is 1. The van der Waals surface area contributed by atoms with Crippen LogP contribution in [-0.2, 0) is 4.84 Å². The molecule has 0 bridgehead atoms. The molecule has 6 heteroatoms. The maximum Gasteiger partial charge on any atom is 0.280 e. The van der Waals surface area contributed by atoms with Crippen LogP contribution in [0.2, 0.25) is 0 Å². The molecule has 0 aliphatic carbocycles. The minimum Gasteiger partial charge on any atom is -0.232 e. The van der Waals surface area contributed by atoms with Gasteiger partial charge in [0.15, 0.2) is 0 Å². The predicted molar refractivity (Wildman–Crippen MR) is 63.0 cm³/mol. The first-order valence-corrected chi connectivity index (χ1v) is 6.19. The minimum atomic E-state index is -0.870. The van der Waals surface area contributed by atoms with Crippen molar-refractivity contribution >= 4 is 0 Å². The molecular weight excluding hydrogens is 222 g/mol. The summed E-state index contributed by atoms with van der Waals surface area (Å²) in [5.41, 5.74) is 0. The molecule has 0 saturated carbocycles. The van der Waals surface area contributed by atoms with E-state index in [9.17, 15) is 10.1 Å². The molecule has 0 aliphatic heterocycles. The van der Waals surface area contributed by atoms with Crippen LogP contribution in [0.25, 0.3) is 0 Å². The topological polar surface area (TPSA) is 79.4 Å². The number of unbranched alkanes of at least 4 members (excludes halogenated alkanes) is 7. The van der Waals surface area contributed by atoms with Gasteiger partial charge in [-0.2, -0.15) is 5.26 Å². The zero-order valence-corrected chi connectivity index (χ0v) is 10.4. The van der Waals surface area contributed by atoms with E-state index in [0.717, 1.165) is 19.3 Å². The maximum atomic E-state index is 10.2. The molecule has 6 nitrogen and oxygen atoms in total. The molecule has 0 saturated heterocycles. The van der Waals surface area contributed by atoms with Gasteiger partial charge in [-0.1, -0.05) is 51.9 Å². The minimum absolute atomic E-state index is 0.0985. The molecule has 0 amide bonds. The molecule has 98 valence electrons. The number of hydrogen-bond acceptors (Lipinski definition) is 4. The first-order valence-electron chi connectivity index (χ1n) is 6.19. The van der Waals surface area contributed by atoms with Gasteiger partial charge in [-0.3, -0.25) is 0 Å². The van der Waals surface area contributed by atoms with Gasteiger partial charge in [0.05, 0.1) is 6.61 Å². The molecule has 0 radical (unpaired) electrons. The Kier molecular flexibility index (Phi) is 10.3. The van der Waals surface area contributed by atoms with Gasteiger partial charge in [0.1, 0.15) is 5.17 Å². The average molecular weight is 243 g/mol. The highest BCUT2D eigenvalue weighted by Gasteiger charge is 2.12. The van der Waals surface area contributed by atoms with E-state index in [1.807, 2.05) is 0 Å². The molecule has 0 aromatic rings. The number of nitriles is 1. The summed E-state index contributed by atoms with van der Waals surface area (Å²) >= 11 is 0. The van der Waals surface area contributed by atoms with Gasteiger partial charge in [-0.05, 0) is 6.42 Å². The van der Waals surface area contributed by atoms with Crippen LogP contribution < -0.4 is 0 Å². The van der Waals surface area contributed by atoms with Crippen LogP contribution in [0.1, 0.15) is 58.3 Å². The van der Waals surface area contributed by atoms with Crippen molar-refractivity contribution in [3.63, 3.8) is 0 Å². The molecule has 0 heterocycles. The summed E-state index contributed by atoms with van der Waals surface area (Å²) < 4.78 is 0. The van der Waals surface area contributed by atoms with Crippen LogP contribution in [0.4, 0.5) is 0 Å². The summed E-state index contributed by atoms with van der Waals surface area (Å²) in [5, 5.41) is 17.7. The van der Waals surface area contributed by atoms with Crippen LogP contribution >= 0.6 is 0 Å². The third kappa shape index (κ3) is 9.57. The summed E-state index contributed by atoms with van der Waals surface area (Å²) in [4.78, 5) is 14.9. The monoisotopic (exact) mass is 243 g/mol. The highest BCUT2D eigenvalue weighted by Crippen LogP contribution is 2.08. The quantitative estimate of drug-likeness (QED) is 0.183. The fraction of sp³-hybridized carbons (Fsp3) is 0.909. The first kappa shape index (κ1) is 15.7. The number of rotatable bonds is 11. The Morgan fingerprint density at radius 2 is 1.71 bits per heavy atom. The van der Waals surface area contributed by atoms with Crippen molar-refractivity contribution in [2.45, 2.75) is 58.3 Å². The summed E-state index contributed by atoms with van der Waals surface area (Å²) in [6.07, 6.45) is 10.5. The van der Waals surface area contributed by atoms with E-state index in [0.29, 0.717) is 0 Å². The van der Waals surface area contributed by atoms with E-state index in [1.54, 1.807) is 0 Å². The lowest BCUT2D eigenvalue weighted by Crippen LogP contribution is -2.25. The zero-order chi connectivity index (χ0) is 12.9. The normalized spacial score (nSPS) is 9.88. The molecule has 0 unspecified atom stereocenters. The fourth-order valence-electron chi connectivity index (χ4n) is 1.50. The van der Waals surface area contributed by atoms with Gasteiger partial charge in [0.25, 0.3) is 6.19 Å². The van der Waals surface area contributed by atoms with E-state index in [4.69, 9.17) is 5.26 Å². The molecule has 0 fully saturated rings. The van der Waals surface area contributed by atoms with E-state index < -0.39 is 5.03 Å². The molecule has 17 heavy (non-hydrogen) atoms. The summed E-state index contributed by atoms with van der Waals surface area (Å²) in [6, 6.07) is 0. The average Bonchev–Trinajstić information content (AvgIpc) is 2.31. The number of hydrogen-bond donors (Lipinski definition) is 0. The fourth-order valence-corrected chi connectivity index (χ4v) is 1.50.